The van der Waals surface area contributed by atoms with Gasteiger partial charge in [-0.1, -0.05) is 67.1 Å². The molecule has 2 unspecified atom stereocenters. The fourth-order valence-electron chi connectivity index (χ4n) is 6.27. The van der Waals surface area contributed by atoms with Gasteiger partial charge in [-0.2, -0.15) is 4.31 Å². The Morgan fingerprint density at radius 3 is 2.32 bits per heavy atom. The molecule has 0 aliphatic carbocycles. The zero-order chi connectivity index (χ0) is 25.9. The van der Waals surface area contributed by atoms with Crippen molar-refractivity contribution in [3.8, 4) is 5.75 Å². The number of benzene rings is 3. The number of hydrogen-bond acceptors (Lipinski definition) is 4. The minimum absolute atomic E-state index is 0.122. The van der Waals surface area contributed by atoms with Crippen molar-refractivity contribution < 1.29 is 13.2 Å². The van der Waals surface area contributed by atoms with Crippen molar-refractivity contribution in [3.05, 3.63) is 106 Å². The Morgan fingerprint density at radius 1 is 0.946 bits per heavy atom. The van der Waals surface area contributed by atoms with E-state index >= 15 is 0 Å². The largest absolute Gasteiger partial charge is 0.484 e. The lowest BCUT2D eigenvalue weighted by Crippen LogP contribution is -2.39. The zero-order valence-electron chi connectivity index (χ0n) is 21.2. The third-order valence-corrected chi connectivity index (χ3v) is 9.97. The average molecular weight is 515 g/mol. The normalized spacial score (nSPS) is 23.4. The number of hydrogen-bond donors (Lipinski definition) is 0. The second kappa shape index (κ2) is 8.85. The molecule has 1 aromatic heterocycles. The van der Waals surface area contributed by atoms with E-state index in [9.17, 15) is 13.2 Å². The minimum atomic E-state index is -3.78. The highest BCUT2D eigenvalue weighted by molar-refractivity contribution is 7.89. The number of rotatable bonds is 4. The molecule has 6 nitrogen and oxygen atoms in total. The predicted octanol–water partition coefficient (Wildman–Crippen LogP) is 5.16. The smallest absolute Gasteiger partial charge is 0.258 e. The highest BCUT2D eigenvalue weighted by Gasteiger charge is 2.54. The Morgan fingerprint density at radius 2 is 1.62 bits per heavy atom. The van der Waals surface area contributed by atoms with Crippen LogP contribution in [0, 0.1) is 12.8 Å². The number of pyridine rings is 1. The average Bonchev–Trinajstić information content (AvgIpc) is 3.32. The second-order valence-corrected chi connectivity index (χ2v) is 12.0. The summed E-state index contributed by atoms with van der Waals surface area (Å²) in [7, 11) is -2.00. The molecule has 7 heteroatoms. The topological polar surface area (TPSA) is 68.6 Å². The molecule has 0 N–H and O–H groups in total. The van der Waals surface area contributed by atoms with Crippen molar-refractivity contribution >= 4 is 20.9 Å². The molecule has 0 spiro atoms. The second-order valence-electron chi connectivity index (χ2n) is 10.1. The van der Waals surface area contributed by atoms with E-state index in [-0.39, 0.29) is 41.0 Å². The summed E-state index contributed by atoms with van der Waals surface area (Å²) >= 11 is 0. The summed E-state index contributed by atoms with van der Waals surface area (Å²) in [4.78, 5) is 14.1. The van der Waals surface area contributed by atoms with Gasteiger partial charge in [0.25, 0.3) is 5.56 Å². The van der Waals surface area contributed by atoms with Crippen LogP contribution in [-0.2, 0) is 17.1 Å². The molecule has 1 fully saturated rings. The highest BCUT2D eigenvalue weighted by Crippen LogP contribution is 2.54. The Labute approximate surface area is 217 Å². The standard InChI is InChI=1S/C30H30N2O4S/c1-4-24-26-23(18-32(24)37(34,35)21-16-14-19(2)15-17-21)28(20-10-6-5-7-11-20)36-29-22-12-8-9-13-25(22)31(3)30(33)27(26)29/h5-17,23-24,26,28H,4,18H2,1-3H3/t23-,24?,26+,28?/m0/s1. The molecule has 0 bridgehead atoms. The van der Waals surface area contributed by atoms with Crippen LogP contribution in [-0.4, -0.2) is 29.9 Å². The maximum atomic E-state index is 14.0. The van der Waals surface area contributed by atoms with Gasteiger partial charge in [0.15, 0.2) is 0 Å². The van der Waals surface area contributed by atoms with E-state index in [0.29, 0.717) is 17.7 Å². The lowest BCUT2D eigenvalue weighted by Gasteiger charge is -2.37. The van der Waals surface area contributed by atoms with Crippen LogP contribution in [0.5, 0.6) is 5.75 Å². The van der Waals surface area contributed by atoms with E-state index in [2.05, 4.69) is 0 Å². The van der Waals surface area contributed by atoms with Crippen LogP contribution in [0.1, 0.15) is 42.1 Å². The molecular weight excluding hydrogens is 484 g/mol. The van der Waals surface area contributed by atoms with Gasteiger partial charge in [0, 0.05) is 36.9 Å². The van der Waals surface area contributed by atoms with Crippen LogP contribution in [0.25, 0.3) is 10.9 Å². The number of sulfonamides is 1. The van der Waals surface area contributed by atoms with Crippen molar-refractivity contribution in [1.82, 2.24) is 8.87 Å². The molecule has 0 radical (unpaired) electrons. The molecule has 37 heavy (non-hydrogen) atoms. The maximum absolute atomic E-state index is 14.0. The quantitative estimate of drug-likeness (QED) is 0.377. The van der Waals surface area contributed by atoms with Crippen LogP contribution in [0.4, 0.5) is 0 Å². The highest BCUT2D eigenvalue weighted by atomic mass is 32.2. The SMILES string of the molecule is CCC1[C@@H]2c3c(c4ccccc4n(C)c3=O)OC(c3ccccc3)[C@H]2CN1S(=O)(=O)c1ccc(C)cc1. The van der Waals surface area contributed by atoms with Crippen LogP contribution in [0.15, 0.2) is 88.6 Å². The fourth-order valence-corrected chi connectivity index (χ4v) is 8.03. The summed E-state index contributed by atoms with van der Waals surface area (Å²) in [5.74, 6) is 0.0956. The first kappa shape index (κ1) is 23.9. The van der Waals surface area contributed by atoms with Gasteiger partial charge < -0.3 is 9.30 Å². The van der Waals surface area contributed by atoms with Crippen LogP contribution < -0.4 is 10.3 Å². The molecule has 6 rings (SSSR count). The van der Waals surface area contributed by atoms with Crippen LogP contribution in [0.2, 0.25) is 0 Å². The van der Waals surface area contributed by atoms with Gasteiger partial charge in [-0.25, -0.2) is 8.42 Å². The fraction of sp³-hybridized carbons (Fsp3) is 0.300. The molecule has 3 aromatic carbocycles. The number of aryl methyl sites for hydroxylation is 2. The van der Waals surface area contributed by atoms with E-state index in [1.54, 1.807) is 28.1 Å². The van der Waals surface area contributed by atoms with E-state index in [1.165, 1.54) is 0 Å². The van der Waals surface area contributed by atoms with Gasteiger partial charge in [-0.3, -0.25) is 4.79 Å². The minimum Gasteiger partial charge on any atom is -0.484 e. The summed E-state index contributed by atoms with van der Waals surface area (Å²) in [5.41, 5.74) is 3.25. The summed E-state index contributed by atoms with van der Waals surface area (Å²) in [6.45, 7) is 4.23. The predicted molar refractivity (Wildman–Crippen MR) is 144 cm³/mol. The van der Waals surface area contributed by atoms with Crippen LogP contribution in [0.3, 0.4) is 0 Å². The van der Waals surface area contributed by atoms with Gasteiger partial charge in [0.1, 0.15) is 11.9 Å². The number of nitrogens with zero attached hydrogens (tertiary/aromatic N) is 2. The Bertz CT molecular complexity index is 1650. The van der Waals surface area contributed by atoms with Crippen molar-refractivity contribution in [2.45, 2.75) is 43.2 Å². The van der Waals surface area contributed by atoms with Crippen molar-refractivity contribution in [3.63, 3.8) is 0 Å². The first-order valence-corrected chi connectivity index (χ1v) is 14.2. The molecular formula is C30H30N2O4S. The Hall–Kier alpha value is -3.42. The van der Waals surface area contributed by atoms with Gasteiger partial charge in [-0.15, -0.1) is 0 Å². The number of para-hydroxylation sites is 1. The first-order valence-electron chi connectivity index (χ1n) is 12.7. The molecule has 190 valence electrons. The molecule has 0 saturated carbocycles. The summed E-state index contributed by atoms with van der Waals surface area (Å²) < 4.78 is 38.0. The van der Waals surface area contributed by atoms with Crippen molar-refractivity contribution in [2.75, 3.05) is 6.54 Å². The zero-order valence-corrected chi connectivity index (χ0v) is 22.0. The Kier molecular flexibility index (Phi) is 5.73. The monoisotopic (exact) mass is 514 g/mol. The lowest BCUT2D eigenvalue weighted by molar-refractivity contribution is 0.109. The Balaban J connectivity index is 1.59. The van der Waals surface area contributed by atoms with E-state index in [1.807, 2.05) is 80.6 Å². The maximum Gasteiger partial charge on any atom is 0.258 e. The first-order chi connectivity index (χ1) is 17.8. The van der Waals surface area contributed by atoms with Gasteiger partial charge in [-0.05, 0) is 43.2 Å². The van der Waals surface area contributed by atoms with Crippen molar-refractivity contribution in [2.24, 2.45) is 13.0 Å². The molecule has 4 aromatic rings. The summed E-state index contributed by atoms with van der Waals surface area (Å²) in [6.07, 6.45) is 0.213. The van der Waals surface area contributed by atoms with Gasteiger partial charge in [0.2, 0.25) is 10.0 Å². The molecule has 2 aliphatic heterocycles. The molecule has 3 heterocycles. The van der Waals surface area contributed by atoms with Crippen molar-refractivity contribution in [1.29, 1.82) is 0 Å². The van der Waals surface area contributed by atoms with E-state index in [4.69, 9.17) is 4.74 Å². The summed E-state index contributed by atoms with van der Waals surface area (Å²) in [5, 5.41) is 0.869. The molecule has 2 aliphatic rings. The van der Waals surface area contributed by atoms with Crippen LogP contribution >= 0.6 is 0 Å². The van der Waals surface area contributed by atoms with Gasteiger partial charge >= 0.3 is 0 Å². The molecule has 0 amide bonds. The summed E-state index contributed by atoms with van der Waals surface area (Å²) in [6, 6.07) is 24.3. The van der Waals surface area contributed by atoms with Gasteiger partial charge in [0.05, 0.1) is 16.0 Å². The third-order valence-electron chi connectivity index (χ3n) is 8.07. The lowest BCUT2D eigenvalue weighted by atomic mass is 9.76. The molecule has 4 atom stereocenters. The molecule has 1 saturated heterocycles. The van der Waals surface area contributed by atoms with E-state index < -0.39 is 10.0 Å². The number of ether oxygens (including phenoxy) is 1. The number of fused-ring (bicyclic) bond motifs is 5. The third kappa shape index (κ3) is 3.63. The van der Waals surface area contributed by atoms with E-state index in [0.717, 1.165) is 22.0 Å². The number of aromatic nitrogens is 1.